The first-order valence-electron chi connectivity index (χ1n) is 4.38. The van der Waals surface area contributed by atoms with Gasteiger partial charge in [0.15, 0.2) is 0 Å². The molecule has 86 valence electrons. The molecule has 0 atom stereocenters. The maximum absolute atomic E-state index is 11.0. The second-order valence-corrected chi connectivity index (χ2v) is 2.85. The van der Waals surface area contributed by atoms with Crippen LogP contribution in [0.4, 0.5) is 0 Å². The van der Waals surface area contributed by atoms with E-state index in [9.17, 15) is 19.2 Å². The van der Waals surface area contributed by atoms with Crippen LogP contribution in [0.1, 0.15) is 12.8 Å². The number of hydrogen-bond acceptors (Lipinski definition) is 6. The minimum atomic E-state index is -0.992. The van der Waals surface area contributed by atoms with E-state index in [2.05, 4.69) is 9.57 Å². The number of methoxy groups -OCH3 is 1. The molecule has 0 saturated carbocycles. The Kier molecular flexibility index (Phi) is 3.76. The molecule has 7 nitrogen and oxygen atoms in total. The molecule has 0 aromatic carbocycles. The van der Waals surface area contributed by atoms with Crippen molar-refractivity contribution in [3.05, 3.63) is 12.2 Å². The van der Waals surface area contributed by atoms with Gasteiger partial charge in [-0.05, 0) is 0 Å². The van der Waals surface area contributed by atoms with E-state index in [4.69, 9.17) is 0 Å². The standard InChI is InChI=1S/C9H9NO6/c1-15-8(13)4-5-9(14)16-10-6(11)2-3-7(10)12/h4-5H,2-3H2,1H3/b5-4-. The Morgan fingerprint density at radius 3 is 2.12 bits per heavy atom. The third-order valence-electron chi connectivity index (χ3n) is 1.74. The Morgan fingerprint density at radius 1 is 1.12 bits per heavy atom. The second-order valence-electron chi connectivity index (χ2n) is 2.85. The summed E-state index contributed by atoms with van der Waals surface area (Å²) in [6, 6.07) is 0. The number of ether oxygens (including phenoxy) is 1. The summed E-state index contributed by atoms with van der Waals surface area (Å²) in [6.07, 6.45) is 1.64. The van der Waals surface area contributed by atoms with Crippen LogP contribution in [0, 0.1) is 0 Å². The summed E-state index contributed by atoms with van der Waals surface area (Å²) < 4.78 is 4.23. The summed E-state index contributed by atoms with van der Waals surface area (Å²) in [5, 5.41) is 0.393. The minimum absolute atomic E-state index is 0.0207. The third kappa shape index (κ3) is 2.91. The van der Waals surface area contributed by atoms with Gasteiger partial charge in [-0.15, -0.1) is 5.06 Å². The van der Waals surface area contributed by atoms with E-state index in [1.54, 1.807) is 0 Å². The number of esters is 1. The fourth-order valence-corrected chi connectivity index (χ4v) is 0.982. The van der Waals surface area contributed by atoms with Crippen LogP contribution in [-0.4, -0.2) is 35.9 Å². The van der Waals surface area contributed by atoms with Crippen LogP contribution in [0.25, 0.3) is 0 Å². The van der Waals surface area contributed by atoms with Crippen molar-refractivity contribution < 1.29 is 28.8 Å². The summed E-state index contributed by atoms with van der Waals surface area (Å²) in [7, 11) is 1.14. The zero-order valence-electron chi connectivity index (χ0n) is 8.47. The molecular formula is C9H9NO6. The van der Waals surface area contributed by atoms with Crippen molar-refractivity contribution in [3.8, 4) is 0 Å². The molecule has 0 spiro atoms. The molecule has 0 radical (unpaired) electrons. The highest BCUT2D eigenvalue weighted by Gasteiger charge is 2.32. The molecule has 0 aliphatic carbocycles. The molecule has 0 bridgehead atoms. The molecule has 2 amide bonds. The average Bonchev–Trinajstić information content (AvgIpc) is 2.57. The maximum atomic E-state index is 11.0. The van der Waals surface area contributed by atoms with Gasteiger partial charge in [0.1, 0.15) is 0 Å². The van der Waals surface area contributed by atoms with Gasteiger partial charge in [-0.2, -0.15) is 0 Å². The highest BCUT2D eigenvalue weighted by atomic mass is 16.7. The van der Waals surface area contributed by atoms with Crippen molar-refractivity contribution >= 4 is 23.8 Å². The number of hydroxylamine groups is 2. The van der Waals surface area contributed by atoms with Crippen molar-refractivity contribution in [3.63, 3.8) is 0 Å². The lowest BCUT2D eigenvalue weighted by Crippen LogP contribution is -2.31. The normalized spacial score (nSPS) is 15.7. The second kappa shape index (κ2) is 5.06. The number of amides is 2. The first kappa shape index (κ1) is 11.9. The fourth-order valence-electron chi connectivity index (χ4n) is 0.982. The summed E-state index contributed by atoms with van der Waals surface area (Å²) in [4.78, 5) is 48.2. The molecule has 1 rings (SSSR count). The van der Waals surface area contributed by atoms with E-state index in [-0.39, 0.29) is 12.8 Å². The monoisotopic (exact) mass is 227 g/mol. The molecule has 1 heterocycles. The summed E-state index contributed by atoms with van der Waals surface area (Å²) in [6.45, 7) is 0. The fraction of sp³-hybridized carbons (Fsp3) is 0.333. The van der Waals surface area contributed by atoms with Crippen LogP contribution >= 0.6 is 0 Å². The van der Waals surface area contributed by atoms with Crippen molar-refractivity contribution in [2.75, 3.05) is 7.11 Å². The summed E-state index contributed by atoms with van der Waals surface area (Å²) in [5.41, 5.74) is 0. The minimum Gasteiger partial charge on any atom is -0.466 e. The van der Waals surface area contributed by atoms with Crippen molar-refractivity contribution in [2.45, 2.75) is 12.8 Å². The van der Waals surface area contributed by atoms with Gasteiger partial charge in [0.25, 0.3) is 11.8 Å². The van der Waals surface area contributed by atoms with Gasteiger partial charge in [-0.1, -0.05) is 0 Å². The number of carbonyl (C=O) groups excluding carboxylic acids is 4. The van der Waals surface area contributed by atoms with Crippen molar-refractivity contribution in [1.29, 1.82) is 0 Å². The maximum Gasteiger partial charge on any atom is 0.357 e. The Hall–Kier alpha value is -2.18. The smallest absolute Gasteiger partial charge is 0.357 e. The van der Waals surface area contributed by atoms with Crippen LogP contribution in [-0.2, 0) is 28.8 Å². The Labute approximate surface area is 90.6 Å². The Bertz CT molecular complexity index is 356. The van der Waals surface area contributed by atoms with E-state index in [1.807, 2.05) is 0 Å². The van der Waals surface area contributed by atoms with Crippen molar-refractivity contribution in [2.24, 2.45) is 0 Å². The van der Waals surface area contributed by atoms with Crippen LogP contribution in [0.5, 0.6) is 0 Å². The van der Waals surface area contributed by atoms with Gasteiger partial charge in [-0.25, -0.2) is 9.59 Å². The molecule has 1 saturated heterocycles. The van der Waals surface area contributed by atoms with E-state index >= 15 is 0 Å². The Balaban J connectivity index is 2.51. The summed E-state index contributed by atoms with van der Waals surface area (Å²) in [5.74, 6) is -2.89. The lowest BCUT2D eigenvalue weighted by Gasteiger charge is -2.10. The molecule has 1 aliphatic rings. The molecule has 16 heavy (non-hydrogen) atoms. The Morgan fingerprint density at radius 2 is 1.62 bits per heavy atom. The lowest BCUT2D eigenvalue weighted by atomic mass is 10.4. The topological polar surface area (TPSA) is 90.0 Å². The van der Waals surface area contributed by atoms with Gasteiger partial charge in [-0.3, -0.25) is 9.59 Å². The molecule has 0 aromatic rings. The zero-order valence-corrected chi connectivity index (χ0v) is 8.47. The molecule has 1 aliphatic heterocycles. The van der Waals surface area contributed by atoms with Gasteiger partial charge in [0.05, 0.1) is 7.11 Å². The predicted molar refractivity (Wildman–Crippen MR) is 48.3 cm³/mol. The number of nitrogens with zero attached hydrogens (tertiary/aromatic N) is 1. The van der Waals surface area contributed by atoms with E-state index in [0.717, 1.165) is 19.3 Å². The zero-order chi connectivity index (χ0) is 12.1. The van der Waals surface area contributed by atoms with E-state index in [1.165, 1.54) is 0 Å². The van der Waals surface area contributed by atoms with Crippen LogP contribution in [0.2, 0.25) is 0 Å². The van der Waals surface area contributed by atoms with Crippen LogP contribution in [0.15, 0.2) is 12.2 Å². The number of hydrogen-bond donors (Lipinski definition) is 0. The van der Waals surface area contributed by atoms with Gasteiger partial charge < -0.3 is 9.57 Å². The van der Waals surface area contributed by atoms with Gasteiger partial charge in [0.2, 0.25) is 0 Å². The number of imide groups is 1. The number of rotatable bonds is 3. The van der Waals surface area contributed by atoms with Crippen LogP contribution in [0.3, 0.4) is 0 Å². The van der Waals surface area contributed by atoms with Gasteiger partial charge >= 0.3 is 11.9 Å². The molecule has 0 aromatic heterocycles. The third-order valence-corrected chi connectivity index (χ3v) is 1.74. The van der Waals surface area contributed by atoms with E-state index < -0.39 is 23.8 Å². The predicted octanol–water partition coefficient (Wildman–Crippen LogP) is -0.677. The van der Waals surface area contributed by atoms with Gasteiger partial charge in [0, 0.05) is 25.0 Å². The average molecular weight is 227 g/mol. The highest BCUT2D eigenvalue weighted by Crippen LogP contribution is 2.11. The molecule has 7 heteroatoms. The first-order chi connectivity index (χ1) is 7.54. The highest BCUT2D eigenvalue weighted by molar-refractivity contribution is 6.02. The molecule has 1 fully saturated rings. The number of carbonyl (C=O) groups is 4. The summed E-state index contributed by atoms with van der Waals surface area (Å²) >= 11 is 0. The molecule has 0 unspecified atom stereocenters. The van der Waals surface area contributed by atoms with E-state index in [0.29, 0.717) is 5.06 Å². The largest absolute Gasteiger partial charge is 0.466 e. The van der Waals surface area contributed by atoms with Crippen molar-refractivity contribution in [1.82, 2.24) is 5.06 Å². The molecule has 0 N–H and O–H groups in total. The van der Waals surface area contributed by atoms with Crippen LogP contribution < -0.4 is 0 Å². The first-order valence-corrected chi connectivity index (χ1v) is 4.38. The quantitative estimate of drug-likeness (QED) is 0.360. The lowest BCUT2D eigenvalue weighted by molar-refractivity contribution is -0.193. The molecular weight excluding hydrogens is 218 g/mol. The SMILES string of the molecule is COC(=O)/C=C\C(=O)ON1C(=O)CCC1=O.